The quantitative estimate of drug-likeness (QED) is 0.685. The highest BCUT2D eigenvalue weighted by Crippen LogP contribution is 2.38. The van der Waals surface area contributed by atoms with Crippen LogP contribution in [0.15, 0.2) is 54.7 Å². The Bertz CT molecular complexity index is 917. The smallest absolute Gasteiger partial charge is 0.223 e. The van der Waals surface area contributed by atoms with Crippen molar-refractivity contribution in [2.24, 2.45) is 11.8 Å². The van der Waals surface area contributed by atoms with E-state index in [9.17, 15) is 4.79 Å². The predicted molar refractivity (Wildman–Crippen MR) is 102 cm³/mol. The SMILES string of the molecule is C[C@@H]1C[C@H]1C(=O)NC[C@H](c1ccccc1Cl)c1c[nH]c2ccccc12. The molecule has 1 aliphatic carbocycles. The molecule has 4 heteroatoms. The third kappa shape index (κ3) is 3.16. The number of aromatic nitrogens is 1. The minimum Gasteiger partial charge on any atom is -0.361 e. The number of nitrogens with one attached hydrogen (secondary N) is 2. The van der Waals surface area contributed by atoms with Gasteiger partial charge in [-0.25, -0.2) is 0 Å². The maximum atomic E-state index is 12.3. The van der Waals surface area contributed by atoms with Gasteiger partial charge in [-0.3, -0.25) is 4.79 Å². The van der Waals surface area contributed by atoms with Crippen molar-refractivity contribution in [2.75, 3.05) is 6.54 Å². The molecule has 1 saturated carbocycles. The summed E-state index contributed by atoms with van der Waals surface area (Å²) in [6, 6.07) is 16.1. The molecule has 1 aromatic heterocycles. The van der Waals surface area contributed by atoms with Crippen LogP contribution in [0.2, 0.25) is 5.02 Å². The van der Waals surface area contributed by atoms with Crippen molar-refractivity contribution in [3.05, 3.63) is 70.9 Å². The molecule has 0 radical (unpaired) electrons. The Morgan fingerprint density at radius 1 is 1.20 bits per heavy atom. The van der Waals surface area contributed by atoms with Gasteiger partial charge >= 0.3 is 0 Å². The molecule has 0 aliphatic heterocycles. The summed E-state index contributed by atoms with van der Waals surface area (Å²) in [7, 11) is 0. The first-order valence-electron chi connectivity index (χ1n) is 8.73. The number of aromatic amines is 1. The molecule has 0 spiro atoms. The number of fused-ring (bicyclic) bond motifs is 1. The van der Waals surface area contributed by atoms with Gasteiger partial charge in [-0.2, -0.15) is 0 Å². The van der Waals surface area contributed by atoms with Crippen molar-refractivity contribution in [3.8, 4) is 0 Å². The Labute approximate surface area is 152 Å². The van der Waals surface area contributed by atoms with E-state index in [4.69, 9.17) is 11.6 Å². The molecule has 3 aromatic rings. The first kappa shape index (κ1) is 16.2. The number of H-pyrrole nitrogens is 1. The fourth-order valence-electron chi connectivity index (χ4n) is 3.55. The Kier molecular flexibility index (Phi) is 4.26. The molecule has 0 bridgehead atoms. The average Bonchev–Trinajstić information content (AvgIpc) is 3.21. The zero-order valence-electron chi connectivity index (χ0n) is 14.1. The van der Waals surface area contributed by atoms with Crippen LogP contribution >= 0.6 is 11.6 Å². The van der Waals surface area contributed by atoms with Crippen molar-refractivity contribution in [3.63, 3.8) is 0 Å². The summed E-state index contributed by atoms with van der Waals surface area (Å²) in [6.07, 6.45) is 3.03. The topological polar surface area (TPSA) is 44.9 Å². The number of hydrogen-bond acceptors (Lipinski definition) is 1. The van der Waals surface area contributed by atoms with Gasteiger partial charge in [-0.1, -0.05) is 54.9 Å². The molecule has 0 unspecified atom stereocenters. The standard InChI is InChI=1S/C21H21ClN2O/c1-13-10-16(13)21(25)24-12-17(14-6-2-4-8-19(14)22)18-11-23-20-9-5-3-7-15(18)20/h2-9,11,13,16-17,23H,10,12H2,1H3,(H,24,25)/t13-,16-,17-/m1/s1. The van der Waals surface area contributed by atoms with E-state index in [-0.39, 0.29) is 17.7 Å². The van der Waals surface area contributed by atoms with Crippen molar-refractivity contribution >= 4 is 28.4 Å². The Balaban J connectivity index is 1.68. The molecule has 4 rings (SSSR count). The molecule has 0 saturated heterocycles. The minimum atomic E-state index is 0.0165. The van der Waals surface area contributed by atoms with Crippen LogP contribution in [0.3, 0.4) is 0 Å². The Morgan fingerprint density at radius 2 is 1.92 bits per heavy atom. The lowest BCUT2D eigenvalue weighted by Crippen LogP contribution is -2.30. The summed E-state index contributed by atoms with van der Waals surface area (Å²) in [4.78, 5) is 15.6. The maximum absolute atomic E-state index is 12.3. The van der Waals surface area contributed by atoms with Crippen molar-refractivity contribution in [1.82, 2.24) is 10.3 Å². The highest BCUT2D eigenvalue weighted by Gasteiger charge is 2.39. The predicted octanol–water partition coefficient (Wildman–Crippen LogP) is 4.73. The van der Waals surface area contributed by atoms with E-state index in [1.165, 1.54) is 5.39 Å². The molecule has 1 amide bonds. The number of amides is 1. The molecule has 1 aliphatic rings. The molecular weight excluding hydrogens is 332 g/mol. The maximum Gasteiger partial charge on any atom is 0.223 e. The third-order valence-electron chi connectivity index (χ3n) is 5.20. The zero-order valence-corrected chi connectivity index (χ0v) is 14.9. The van der Waals surface area contributed by atoms with Gasteiger partial charge in [0.05, 0.1) is 0 Å². The summed E-state index contributed by atoms with van der Waals surface area (Å²) >= 11 is 6.48. The van der Waals surface area contributed by atoms with Crippen LogP contribution in [-0.2, 0) is 4.79 Å². The summed E-state index contributed by atoms with van der Waals surface area (Å²) in [5.41, 5.74) is 3.29. The van der Waals surface area contributed by atoms with Crippen molar-refractivity contribution in [1.29, 1.82) is 0 Å². The third-order valence-corrected chi connectivity index (χ3v) is 5.55. The van der Waals surface area contributed by atoms with E-state index >= 15 is 0 Å². The first-order valence-corrected chi connectivity index (χ1v) is 9.11. The van der Waals surface area contributed by atoms with E-state index in [0.717, 1.165) is 28.1 Å². The lowest BCUT2D eigenvalue weighted by molar-refractivity contribution is -0.122. The van der Waals surface area contributed by atoms with Crippen LogP contribution in [0.5, 0.6) is 0 Å². The average molecular weight is 353 g/mol. The largest absolute Gasteiger partial charge is 0.361 e. The van der Waals surface area contributed by atoms with Crippen LogP contribution in [-0.4, -0.2) is 17.4 Å². The van der Waals surface area contributed by atoms with Gasteiger partial charge in [0.2, 0.25) is 5.91 Å². The van der Waals surface area contributed by atoms with Gasteiger partial charge in [0, 0.05) is 40.5 Å². The lowest BCUT2D eigenvalue weighted by atomic mass is 9.90. The number of para-hydroxylation sites is 1. The summed E-state index contributed by atoms with van der Waals surface area (Å²) < 4.78 is 0. The Hall–Kier alpha value is -2.26. The van der Waals surface area contributed by atoms with Crippen LogP contribution in [0.4, 0.5) is 0 Å². The summed E-state index contributed by atoms with van der Waals surface area (Å²) in [5, 5.41) is 5.04. The number of hydrogen-bond donors (Lipinski definition) is 2. The molecule has 25 heavy (non-hydrogen) atoms. The fraction of sp³-hybridized carbons (Fsp3) is 0.286. The number of carbonyl (C=O) groups is 1. The van der Waals surface area contributed by atoms with Crippen molar-refractivity contribution < 1.29 is 4.79 Å². The number of halogens is 1. The Morgan fingerprint density at radius 3 is 2.68 bits per heavy atom. The van der Waals surface area contributed by atoms with Crippen LogP contribution in [0.25, 0.3) is 10.9 Å². The molecule has 2 aromatic carbocycles. The highest BCUT2D eigenvalue weighted by atomic mass is 35.5. The van der Waals surface area contributed by atoms with Crippen LogP contribution in [0.1, 0.15) is 30.4 Å². The van der Waals surface area contributed by atoms with Gasteiger partial charge < -0.3 is 10.3 Å². The molecule has 3 nitrogen and oxygen atoms in total. The van der Waals surface area contributed by atoms with Gasteiger partial charge in [0.15, 0.2) is 0 Å². The van der Waals surface area contributed by atoms with Gasteiger partial charge in [0.1, 0.15) is 0 Å². The minimum absolute atomic E-state index is 0.0165. The van der Waals surface area contributed by atoms with Crippen molar-refractivity contribution in [2.45, 2.75) is 19.3 Å². The number of carbonyl (C=O) groups excluding carboxylic acids is 1. The van der Waals surface area contributed by atoms with Crippen LogP contribution < -0.4 is 5.32 Å². The number of benzene rings is 2. The number of rotatable bonds is 5. The lowest BCUT2D eigenvalue weighted by Gasteiger charge is -2.19. The zero-order chi connectivity index (χ0) is 17.4. The summed E-state index contributed by atoms with van der Waals surface area (Å²) in [6.45, 7) is 2.67. The molecule has 128 valence electrons. The molecule has 2 N–H and O–H groups in total. The molecule has 1 fully saturated rings. The van der Waals surface area contributed by atoms with E-state index in [2.05, 4.69) is 29.4 Å². The summed E-state index contributed by atoms with van der Waals surface area (Å²) in [5.74, 6) is 0.856. The second-order valence-corrected chi connectivity index (χ2v) is 7.34. The second kappa shape index (κ2) is 6.57. The fourth-order valence-corrected chi connectivity index (χ4v) is 3.82. The van der Waals surface area contributed by atoms with E-state index < -0.39 is 0 Å². The molecule has 3 atom stereocenters. The van der Waals surface area contributed by atoms with E-state index in [1.807, 2.05) is 42.6 Å². The van der Waals surface area contributed by atoms with Gasteiger partial charge in [-0.05, 0) is 35.6 Å². The normalized spacial score (nSPS) is 20.4. The molecule has 1 heterocycles. The first-order chi connectivity index (χ1) is 12.1. The van der Waals surface area contributed by atoms with E-state index in [1.54, 1.807) is 0 Å². The van der Waals surface area contributed by atoms with E-state index in [0.29, 0.717) is 12.5 Å². The second-order valence-electron chi connectivity index (χ2n) is 6.93. The van der Waals surface area contributed by atoms with Gasteiger partial charge in [0.25, 0.3) is 0 Å². The monoisotopic (exact) mass is 352 g/mol. The van der Waals surface area contributed by atoms with Crippen LogP contribution in [0, 0.1) is 11.8 Å². The highest BCUT2D eigenvalue weighted by molar-refractivity contribution is 6.31. The molecular formula is C21H21ClN2O. The van der Waals surface area contributed by atoms with Gasteiger partial charge in [-0.15, -0.1) is 0 Å².